The lowest BCUT2D eigenvalue weighted by Gasteiger charge is -2.25. The minimum atomic E-state index is -0.0654. The fraction of sp³-hybridized carbons (Fsp3) is 0.312. The highest BCUT2D eigenvalue weighted by atomic mass is 16.5. The van der Waals surface area contributed by atoms with Gasteiger partial charge in [-0.2, -0.15) is 0 Å². The van der Waals surface area contributed by atoms with Crippen LogP contribution in [0.1, 0.15) is 5.69 Å². The third kappa shape index (κ3) is 3.15. The van der Waals surface area contributed by atoms with Crippen LogP contribution in [-0.2, 0) is 11.3 Å². The molecule has 0 spiro atoms. The van der Waals surface area contributed by atoms with Crippen molar-refractivity contribution in [2.45, 2.75) is 6.61 Å². The predicted molar refractivity (Wildman–Crippen MR) is 82.0 cm³/mol. The van der Waals surface area contributed by atoms with Gasteiger partial charge in [0.2, 0.25) is 0 Å². The number of nitrogens with zero attached hydrogens (tertiary/aromatic N) is 2. The number of aliphatic hydroxyl groups is 1. The molecule has 4 heteroatoms. The summed E-state index contributed by atoms with van der Waals surface area (Å²) in [6.07, 6.45) is 1.86. The van der Waals surface area contributed by atoms with Crippen LogP contribution in [0.4, 0.5) is 5.69 Å². The number of anilines is 1. The molecular formula is C16H20N2O2. The number of rotatable bonds is 7. The van der Waals surface area contributed by atoms with Gasteiger partial charge >= 0.3 is 0 Å². The van der Waals surface area contributed by atoms with Crippen molar-refractivity contribution in [3.63, 3.8) is 0 Å². The van der Waals surface area contributed by atoms with Crippen LogP contribution < -0.4 is 4.90 Å². The molecule has 0 amide bonds. The second kappa shape index (κ2) is 7.03. The highest BCUT2D eigenvalue weighted by Gasteiger charge is 2.11. The Kier molecular flexibility index (Phi) is 5.09. The fourth-order valence-corrected chi connectivity index (χ4v) is 2.22. The van der Waals surface area contributed by atoms with Gasteiger partial charge in [0.05, 0.1) is 24.4 Å². The lowest BCUT2D eigenvalue weighted by atomic mass is 10.1. The van der Waals surface area contributed by atoms with Gasteiger partial charge in [-0.05, 0) is 12.1 Å². The van der Waals surface area contributed by atoms with Gasteiger partial charge in [0.25, 0.3) is 0 Å². The molecule has 1 heterocycles. The second-order valence-corrected chi connectivity index (χ2v) is 4.54. The Morgan fingerprint density at radius 2 is 2.20 bits per heavy atom. The van der Waals surface area contributed by atoms with E-state index in [2.05, 4.69) is 16.5 Å². The van der Waals surface area contributed by atoms with Crippen LogP contribution in [0.15, 0.2) is 43.0 Å². The Balaban J connectivity index is 2.50. The fourth-order valence-electron chi connectivity index (χ4n) is 2.22. The van der Waals surface area contributed by atoms with Crippen LogP contribution in [-0.4, -0.2) is 36.9 Å². The number of hydrogen-bond donors (Lipinski definition) is 1. The number of aromatic nitrogens is 1. The van der Waals surface area contributed by atoms with E-state index in [1.807, 2.05) is 36.4 Å². The number of benzene rings is 1. The molecule has 2 aromatic rings. The summed E-state index contributed by atoms with van der Waals surface area (Å²) >= 11 is 0. The number of methoxy groups -OCH3 is 1. The third-order valence-corrected chi connectivity index (χ3v) is 3.16. The van der Waals surface area contributed by atoms with E-state index in [1.165, 1.54) is 0 Å². The third-order valence-electron chi connectivity index (χ3n) is 3.16. The number of pyridine rings is 1. The smallest absolute Gasteiger partial charge is 0.0854 e. The molecule has 1 N–H and O–H groups in total. The van der Waals surface area contributed by atoms with Crippen molar-refractivity contribution in [3.8, 4) is 0 Å². The largest absolute Gasteiger partial charge is 0.390 e. The first-order chi connectivity index (χ1) is 9.80. The van der Waals surface area contributed by atoms with Crippen molar-refractivity contribution >= 4 is 16.6 Å². The summed E-state index contributed by atoms with van der Waals surface area (Å²) < 4.78 is 5.17. The standard InChI is InChI=1S/C16H20N2O2/c1-3-8-18(9-10-20-2)16-11-13(12-19)17-15-7-5-4-6-14(15)16/h3-7,11,19H,1,8-10,12H2,2H3. The maximum Gasteiger partial charge on any atom is 0.0854 e. The van der Waals surface area contributed by atoms with E-state index in [9.17, 15) is 5.11 Å². The molecule has 0 fully saturated rings. The first kappa shape index (κ1) is 14.5. The lowest BCUT2D eigenvalue weighted by molar-refractivity contribution is 0.206. The molecule has 0 saturated carbocycles. The zero-order chi connectivity index (χ0) is 14.4. The molecule has 1 aromatic carbocycles. The highest BCUT2D eigenvalue weighted by molar-refractivity contribution is 5.92. The molecule has 2 rings (SSSR count). The summed E-state index contributed by atoms with van der Waals surface area (Å²) in [6, 6.07) is 9.88. The van der Waals surface area contributed by atoms with E-state index in [-0.39, 0.29) is 6.61 Å². The molecule has 0 aliphatic carbocycles. The van der Waals surface area contributed by atoms with Crippen LogP contribution in [0.3, 0.4) is 0 Å². The van der Waals surface area contributed by atoms with Gasteiger partial charge in [0.15, 0.2) is 0 Å². The van der Waals surface area contributed by atoms with Crippen molar-refractivity contribution in [1.82, 2.24) is 4.98 Å². The van der Waals surface area contributed by atoms with Gasteiger partial charge in [-0.1, -0.05) is 24.3 Å². The van der Waals surface area contributed by atoms with Crippen molar-refractivity contribution in [1.29, 1.82) is 0 Å². The Labute approximate surface area is 119 Å². The molecule has 0 saturated heterocycles. The summed E-state index contributed by atoms with van der Waals surface area (Å²) in [7, 11) is 1.69. The van der Waals surface area contributed by atoms with E-state index in [4.69, 9.17) is 4.74 Å². The minimum absolute atomic E-state index is 0.0654. The highest BCUT2D eigenvalue weighted by Crippen LogP contribution is 2.26. The van der Waals surface area contributed by atoms with Crippen molar-refractivity contribution in [2.24, 2.45) is 0 Å². The van der Waals surface area contributed by atoms with Gasteiger partial charge < -0.3 is 14.7 Å². The molecule has 106 valence electrons. The average Bonchev–Trinajstić information content (AvgIpc) is 2.50. The quantitative estimate of drug-likeness (QED) is 0.786. The Hall–Kier alpha value is -1.91. The monoisotopic (exact) mass is 272 g/mol. The number of aliphatic hydroxyl groups excluding tert-OH is 1. The van der Waals surface area contributed by atoms with E-state index >= 15 is 0 Å². The van der Waals surface area contributed by atoms with Crippen molar-refractivity contribution < 1.29 is 9.84 Å². The second-order valence-electron chi connectivity index (χ2n) is 4.54. The summed E-state index contributed by atoms with van der Waals surface area (Å²) in [5.74, 6) is 0. The number of ether oxygens (including phenoxy) is 1. The zero-order valence-corrected chi connectivity index (χ0v) is 11.7. The first-order valence-corrected chi connectivity index (χ1v) is 6.64. The van der Waals surface area contributed by atoms with Crippen LogP contribution in [0, 0.1) is 0 Å². The topological polar surface area (TPSA) is 45.6 Å². The minimum Gasteiger partial charge on any atom is -0.390 e. The molecule has 20 heavy (non-hydrogen) atoms. The van der Waals surface area contributed by atoms with Crippen LogP contribution >= 0.6 is 0 Å². The van der Waals surface area contributed by atoms with E-state index in [0.717, 1.165) is 29.7 Å². The maximum absolute atomic E-state index is 9.38. The summed E-state index contributed by atoms with van der Waals surface area (Å²) in [6.45, 7) is 5.87. The van der Waals surface area contributed by atoms with Crippen molar-refractivity contribution in [2.75, 3.05) is 31.7 Å². The molecule has 0 bridgehead atoms. The van der Waals surface area contributed by atoms with Crippen LogP contribution in [0.2, 0.25) is 0 Å². The SMILES string of the molecule is C=CCN(CCOC)c1cc(CO)nc2ccccc12. The summed E-state index contributed by atoms with van der Waals surface area (Å²) in [5.41, 5.74) is 2.61. The van der Waals surface area contributed by atoms with Gasteiger partial charge in [-0.25, -0.2) is 0 Å². The molecule has 0 aliphatic heterocycles. The molecule has 0 unspecified atom stereocenters. The van der Waals surface area contributed by atoms with Gasteiger partial charge in [0.1, 0.15) is 0 Å². The lowest BCUT2D eigenvalue weighted by Crippen LogP contribution is -2.27. The molecule has 0 aliphatic rings. The van der Waals surface area contributed by atoms with Gasteiger partial charge in [-0.15, -0.1) is 6.58 Å². The van der Waals surface area contributed by atoms with Crippen LogP contribution in [0.25, 0.3) is 10.9 Å². The zero-order valence-electron chi connectivity index (χ0n) is 11.7. The number of fused-ring (bicyclic) bond motifs is 1. The molecular weight excluding hydrogens is 252 g/mol. The molecule has 1 aromatic heterocycles. The number of para-hydroxylation sites is 1. The Morgan fingerprint density at radius 3 is 2.90 bits per heavy atom. The first-order valence-electron chi connectivity index (χ1n) is 6.64. The Bertz CT molecular complexity index is 584. The van der Waals surface area contributed by atoms with Crippen molar-refractivity contribution in [3.05, 3.63) is 48.7 Å². The summed E-state index contributed by atoms with van der Waals surface area (Å²) in [5, 5.41) is 10.5. The van der Waals surface area contributed by atoms with E-state index in [0.29, 0.717) is 12.3 Å². The summed E-state index contributed by atoms with van der Waals surface area (Å²) in [4.78, 5) is 6.62. The Morgan fingerprint density at radius 1 is 1.40 bits per heavy atom. The predicted octanol–water partition coefficient (Wildman–Crippen LogP) is 2.37. The molecule has 0 radical (unpaired) electrons. The molecule has 0 atom stereocenters. The average molecular weight is 272 g/mol. The van der Waals surface area contributed by atoms with Gasteiger partial charge in [0, 0.05) is 31.3 Å². The van der Waals surface area contributed by atoms with Gasteiger partial charge in [-0.3, -0.25) is 4.98 Å². The van der Waals surface area contributed by atoms with Crippen LogP contribution in [0.5, 0.6) is 0 Å². The number of hydrogen-bond acceptors (Lipinski definition) is 4. The normalized spacial score (nSPS) is 10.7. The molecule has 4 nitrogen and oxygen atoms in total. The van der Waals surface area contributed by atoms with E-state index < -0.39 is 0 Å². The maximum atomic E-state index is 9.38. The van der Waals surface area contributed by atoms with E-state index in [1.54, 1.807) is 7.11 Å².